The molecule has 1 amide bonds. The third-order valence-corrected chi connectivity index (χ3v) is 5.31. The van der Waals surface area contributed by atoms with E-state index >= 15 is 0 Å². The summed E-state index contributed by atoms with van der Waals surface area (Å²) >= 11 is 3.34. The lowest BCUT2D eigenvalue weighted by Crippen LogP contribution is -2.21. The van der Waals surface area contributed by atoms with Crippen LogP contribution in [0.15, 0.2) is 76.0 Å². The van der Waals surface area contributed by atoms with Crippen LogP contribution < -0.4 is 11.0 Å². The number of amides is 1. The Balaban J connectivity index is 1.31. The third-order valence-electron chi connectivity index (χ3n) is 4.65. The maximum atomic E-state index is 12.2. The van der Waals surface area contributed by atoms with Crippen molar-refractivity contribution in [2.45, 2.75) is 6.42 Å². The van der Waals surface area contributed by atoms with E-state index in [0.29, 0.717) is 21.2 Å². The molecule has 0 atom stereocenters. The Morgan fingerprint density at radius 1 is 0.903 bits per heavy atom. The van der Waals surface area contributed by atoms with Gasteiger partial charge in [-0.2, -0.15) is 0 Å². The van der Waals surface area contributed by atoms with Gasteiger partial charge in [-0.15, -0.1) is 0 Å². The minimum atomic E-state index is -0.493. The van der Waals surface area contributed by atoms with E-state index in [1.807, 2.05) is 54.6 Å². The van der Waals surface area contributed by atoms with E-state index in [1.165, 1.54) is 0 Å². The highest BCUT2D eigenvalue weighted by Gasteiger charge is 2.12. The first-order chi connectivity index (χ1) is 15.0. The van der Waals surface area contributed by atoms with Crippen LogP contribution in [0.4, 0.5) is 5.69 Å². The number of anilines is 1. The number of imidazole rings is 1. The molecule has 0 aliphatic heterocycles. The minimum absolute atomic E-state index is 0.0720. The number of esters is 1. The number of ether oxygens (including phenoxy) is 1. The number of benzene rings is 3. The van der Waals surface area contributed by atoms with Crippen molar-refractivity contribution in [2.24, 2.45) is 0 Å². The smallest absolute Gasteiger partial charge is 0.323 e. The summed E-state index contributed by atoms with van der Waals surface area (Å²) in [6, 6.07) is 20.9. The van der Waals surface area contributed by atoms with Crippen LogP contribution >= 0.6 is 15.9 Å². The van der Waals surface area contributed by atoms with E-state index < -0.39 is 18.5 Å². The van der Waals surface area contributed by atoms with Crippen LogP contribution in [0, 0.1) is 0 Å². The predicted molar refractivity (Wildman–Crippen MR) is 122 cm³/mol. The molecule has 8 heteroatoms. The van der Waals surface area contributed by atoms with Crippen LogP contribution in [0.1, 0.15) is 5.56 Å². The average molecular weight is 480 g/mol. The molecule has 7 nitrogen and oxygen atoms in total. The summed E-state index contributed by atoms with van der Waals surface area (Å²) in [4.78, 5) is 40.9. The average Bonchev–Trinajstić information content (AvgIpc) is 3.12. The molecule has 3 aromatic carbocycles. The molecule has 0 aliphatic carbocycles. The fraction of sp³-hybridized carbons (Fsp3) is 0.0870. The van der Waals surface area contributed by atoms with Gasteiger partial charge in [0.1, 0.15) is 0 Å². The van der Waals surface area contributed by atoms with E-state index in [2.05, 4.69) is 31.2 Å². The molecular weight excluding hydrogens is 462 g/mol. The number of aromatic nitrogens is 2. The van der Waals surface area contributed by atoms with Gasteiger partial charge < -0.3 is 20.0 Å². The molecule has 4 rings (SSSR count). The molecule has 1 aromatic heterocycles. The SMILES string of the molecule is O=C(COC(=O)Cc1ccc(-c2ccccc2)cc1)Nc1cc2[nH]c(=O)[nH]c2cc1Br. The van der Waals surface area contributed by atoms with Crippen LogP contribution in [0.25, 0.3) is 22.2 Å². The molecule has 0 radical (unpaired) electrons. The number of rotatable bonds is 6. The maximum Gasteiger partial charge on any atom is 0.323 e. The van der Waals surface area contributed by atoms with Gasteiger partial charge in [0.2, 0.25) is 0 Å². The molecule has 0 spiro atoms. The fourth-order valence-electron chi connectivity index (χ4n) is 3.15. The first-order valence-corrected chi connectivity index (χ1v) is 10.3. The summed E-state index contributed by atoms with van der Waals surface area (Å²) in [6.07, 6.45) is 0.0720. The van der Waals surface area contributed by atoms with Gasteiger partial charge in [0.15, 0.2) is 6.61 Å². The number of halogens is 1. The lowest BCUT2D eigenvalue weighted by molar-refractivity contribution is -0.146. The van der Waals surface area contributed by atoms with Gasteiger partial charge in [-0.3, -0.25) is 9.59 Å². The molecule has 0 saturated carbocycles. The summed E-state index contributed by atoms with van der Waals surface area (Å²) < 4.78 is 5.69. The molecule has 0 bridgehead atoms. The van der Waals surface area contributed by atoms with Crippen molar-refractivity contribution in [1.29, 1.82) is 0 Å². The van der Waals surface area contributed by atoms with Crippen molar-refractivity contribution in [3.05, 3.63) is 87.3 Å². The first kappa shape index (κ1) is 20.6. The topological polar surface area (TPSA) is 104 Å². The Bertz CT molecular complexity index is 1290. The monoisotopic (exact) mass is 479 g/mol. The molecule has 0 unspecified atom stereocenters. The van der Waals surface area contributed by atoms with E-state index in [4.69, 9.17) is 4.74 Å². The molecule has 0 fully saturated rings. The van der Waals surface area contributed by atoms with Gasteiger partial charge in [0.05, 0.1) is 23.1 Å². The lowest BCUT2D eigenvalue weighted by Gasteiger charge is -2.09. The zero-order valence-electron chi connectivity index (χ0n) is 16.3. The predicted octanol–water partition coefficient (Wildman–Crippen LogP) is 4.01. The summed E-state index contributed by atoms with van der Waals surface area (Å²) in [5.41, 5.74) is 4.25. The van der Waals surface area contributed by atoms with Crippen molar-refractivity contribution >= 4 is 44.5 Å². The van der Waals surface area contributed by atoms with E-state index in [9.17, 15) is 14.4 Å². The molecule has 0 saturated heterocycles. The molecule has 3 N–H and O–H groups in total. The number of fused-ring (bicyclic) bond motifs is 1. The second kappa shape index (κ2) is 9.01. The Kier molecular flexibility index (Phi) is 5.99. The highest BCUT2D eigenvalue weighted by molar-refractivity contribution is 9.10. The van der Waals surface area contributed by atoms with Crippen LogP contribution in [0.5, 0.6) is 0 Å². The maximum absolute atomic E-state index is 12.2. The normalized spacial score (nSPS) is 10.7. The highest BCUT2D eigenvalue weighted by Crippen LogP contribution is 2.26. The molecular formula is C23H18BrN3O4. The first-order valence-electron chi connectivity index (χ1n) is 9.49. The number of H-pyrrole nitrogens is 2. The molecule has 0 aliphatic rings. The summed E-state index contributed by atoms with van der Waals surface area (Å²) in [5, 5.41) is 2.66. The number of carbonyl (C=O) groups excluding carboxylic acids is 2. The van der Waals surface area contributed by atoms with E-state index in [1.54, 1.807) is 12.1 Å². The van der Waals surface area contributed by atoms with Crippen molar-refractivity contribution in [3.8, 4) is 11.1 Å². The highest BCUT2D eigenvalue weighted by atomic mass is 79.9. The number of hydrogen-bond donors (Lipinski definition) is 3. The van der Waals surface area contributed by atoms with Crippen molar-refractivity contribution < 1.29 is 14.3 Å². The third kappa shape index (κ3) is 5.10. The van der Waals surface area contributed by atoms with Crippen molar-refractivity contribution in [2.75, 3.05) is 11.9 Å². The summed E-state index contributed by atoms with van der Waals surface area (Å²) in [5.74, 6) is -0.974. The molecule has 1 heterocycles. The standard InChI is InChI=1S/C23H18BrN3O4/c24-17-11-19-20(27-23(30)26-19)12-18(17)25-21(28)13-31-22(29)10-14-6-8-16(9-7-14)15-4-2-1-3-5-15/h1-9,11-12H,10,13H2,(H,25,28)(H2,26,27,30). The van der Waals surface area contributed by atoms with Crippen LogP contribution in [0.2, 0.25) is 0 Å². The van der Waals surface area contributed by atoms with Crippen LogP contribution in [-0.4, -0.2) is 28.5 Å². The molecule has 31 heavy (non-hydrogen) atoms. The number of hydrogen-bond acceptors (Lipinski definition) is 4. The van der Waals surface area contributed by atoms with E-state index in [-0.39, 0.29) is 12.1 Å². The zero-order valence-corrected chi connectivity index (χ0v) is 17.9. The molecule has 156 valence electrons. The van der Waals surface area contributed by atoms with Crippen molar-refractivity contribution in [3.63, 3.8) is 0 Å². The zero-order chi connectivity index (χ0) is 21.8. The number of aromatic amines is 2. The fourth-order valence-corrected chi connectivity index (χ4v) is 3.59. The summed E-state index contributed by atoms with van der Waals surface area (Å²) in [7, 11) is 0. The Hall–Kier alpha value is -3.65. The van der Waals surface area contributed by atoms with Gasteiger partial charge in [0.25, 0.3) is 5.91 Å². The second-order valence-electron chi connectivity index (χ2n) is 6.91. The number of nitrogens with one attached hydrogen (secondary N) is 3. The quantitative estimate of drug-likeness (QED) is 0.363. The summed E-state index contributed by atoms with van der Waals surface area (Å²) in [6.45, 7) is -0.408. The minimum Gasteiger partial charge on any atom is -0.455 e. The lowest BCUT2D eigenvalue weighted by atomic mass is 10.0. The van der Waals surface area contributed by atoms with Gasteiger partial charge in [-0.25, -0.2) is 4.79 Å². The largest absolute Gasteiger partial charge is 0.455 e. The molecule has 4 aromatic rings. The van der Waals surface area contributed by atoms with Gasteiger partial charge >= 0.3 is 11.7 Å². The Morgan fingerprint density at radius 2 is 1.55 bits per heavy atom. The van der Waals surface area contributed by atoms with Gasteiger partial charge in [-0.1, -0.05) is 54.6 Å². The Labute approximate surface area is 185 Å². The number of carbonyl (C=O) groups is 2. The van der Waals surface area contributed by atoms with Crippen LogP contribution in [0.3, 0.4) is 0 Å². The van der Waals surface area contributed by atoms with Gasteiger partial charge in [-0.05, 0) is 44.8 Å². The Morgan fingerprint density at radius 3 is 2.26 bits per heavy atom. The van der Waals surface area contributed by atoms with Crippen molar-refractivity contribution in [1.82, 2.24) is 9.97 Å². The second-order valence-corrected chi connectivity index (χ2v) is 7.76. The van der Waals surface area contributed by atoms with Crippen LogP contribution in [-0.2, 0) is 20.7 Å². The van der Waals surface area contributed by atoms with E-state index in [0.717, 1.165) is 16.7 Å². The van der Waals surface area contributed by atoms with Gasteiger partial charge in [0, 0.05) is 4.47 Å².